The maximum Gasteiger partial charge on any atom is 0.129 e. The van der Waals surface area contributed by atoms with Crippen LogP contribution in [0.5, 0.6) is 0 Å². The van der Waals surface area contributed by atoms with Gasteiger partial charge in [-0.05, 0) is 43.9 Å². The third kappa shape index (κ3) is 4.26. The Hall–Kier alpha value is -0.640. The average molecular weight is 255 g/mol. The minimum Gasteiger partial charge on any atom is -0.396 e. The van der Waals surface area contributed by atoms with Crippen molar-refractivity contribution in [3.05, 3.63) is 29.0 Å². The Bertz CT molecular complexity index is 338. The molecule has 1 aliphatic carbocycles. The summed E-state index contributed by atoms with van der Waals surface area (Å²) < 4.78 is 0. The predicted octanol–water partition coefficient (Wildman–Crippen LogP) is 2.47. The minimum absolute atomic E-state index is 0.293. The van der Waals surface area contributed by atoms with Crippen LogP contribution < -0.4 is 0 Å². The number of aliphatic hydroxyl groups excluding tert-OH is 1. The molecule has 1 aliphatic rings. The fraction of sp³-hybridized carbons (Fsp3) is 0.615. The van der Waals surface area contributed by atoms with E-state index in [9.17, 15) is 0 Å². The molecule has 1 aromatic heterocycles. The van der Waals surface area contributed by atoms with Gasteiger partial charge in [0.15, 0.2) is 0 Å². The molecule has 0 bridgehead atoms. The predicted molar refractivity (Wildman–Crippen MR) is 69.0 cm³/mol. The van der Waals surface area contributed by atoms with Crippen molar-refractivity contribution in [3.8, 4) is 0 Å². The molecule has 1 aromatic rings. The number of hydrogen-bond donors (Lipinski definition) is 1. The van der Waals surface area contributed by atoms with E-state index in [1.807, 2.05) is 18.3 Å². The van der Waals surface area contributed by atoms with Gasteiger partial charge in [-0.3, -0.25) is 4.90 Å². The van der Waals surface area contributed by atoms with Crippen LogP contribution in [0.2, 0.25) is 5.15 Å². The summed E-state index contributed by atoms with van der Waals surface area (Å²) >= 11 is 5.77. The summed E-state index contributed by atoms with van der Waals surface area (Å²) in [5.74, 6) is 0. The van der Waals surface area contributed by atoms with Crippen LogP contribution >= 0.6 is 11.6 Å². The van der Waals surface area contributed by atoms with E-state index in [-0.39, 0.29) is 0 Å². The summed E-state index contributed by atoms with van der Waals surface area (Å²) in [4.78, 5) is 6.59. The van der Waals surface area contributed by atoms with Gasteiger partial charge in [-0.2, -0.15) is 0 Å². The highest BCUT2D eigenvalue weighted by Gasteiger charge is 2.28. The van der Waals surface area contributed by atoms with E-state index in [0.29, 0.717) is 11.8 Å². The van der Waals surface area contributed by atoms with Crippen molar-refractivity contribution in [2.24, 2.45) is 0 Å². The lowest BCUT2D eigenvalue weighted by Crippen LogP contribution is -2.26. The van der Waals surface area contributed by atoms with E-state index < -0.39 is 0 Å². The molecular formula is C13H19ClN2O. The lowest BCUT2D eigenvalue weighted by molar-refractivity contribution is 0.228. The zero-order valence-electron chi connectivity index (χ0n) is 9.98. The number of nitrogens with zero attached hydrogens (tertiary/aromatic N) is 2. The molecule has 3 nitrogen and oxygen atoms in total. The van der Waals surface area contributed by atoms with E-state index in [1.165, 1.54) is 18.4 Å². The van der Waals surface area contributed by atoms with Crippen LogP contribution in [0.4, 0.5) is 0 Å². The van der Waals surface area contributed by atoms with Gasteiger partial charge >= 0.3 is 0 Å². The third-order valence-electron chi connectivity index (χ3n) is 3.09. The highest BCUT2D eigenvalue weighted by molar-refractivity contribution is 6.29. The van der Waals surface area contributed by atoms with Gasteiger partial charge in [0.1, 0.15) is 5.15 Å². The second-order valence-corrected chi connectivity index (χ2v) is 5.01. The van der Waals surface area contributed by atoms with E-state index in [0.717, 1.165) is 32.0 Å². The summed E-state index contributed by atoms with van der Waals surface area (Å²) in [6.45, 7) is 2.30. The number of aliphatic hydroxyl groups is 1. The van der Waals surface area contributed by atoms with Crippen LogP contribution in [0.25, 0.3) is 0 Å². The Morgan fingerprint density at radius 1 is 1.35 bits per heavy atom. The summed E-state index contributed by atoms with van der Waals surface area (Å²) in [5, 5.41) is 9.36. The first kappa shape index (κ1) is 12.8. The second kappa shape index (κ2) is 6.34. The van der Waals surface area contributed by atoms with Crippen molar-refractivity contribution in [3.63, 3.8) is 0 Å². The van der Waals surface area contributed by atoms with Gasteiger partial charge in [-0.25, -0.2) is 4.98 Å². The molecule has 0 saturated heterocycles. The van der Waals surface area contributed by atoms with Crippen molar-refractivity contribution in [2.45, 2.75) is 38.3 Å². The first-order valence-corrected chi connectivity index (χ1v) is 6.63. The molecule has 1 heterocycles. The molecule has 0 aromatic carbocycles. The van der Waals surface area contributed by atoms with Crippen LogP contribution in [-0.4, -0.2) is 34.2 Å². The third-order valence-corrected chi connectivity index (χ3v) is 3.31. The van der Waals surface area contributed by atoms with Crippen LogP contribution in [0.15, 0.2) is 18.3 Å². The number of unbranched alkanes of at least 4 members (excludes halogenated alkanes) is 1. The van der Waals surface area contributed by atoms with Gasteiger partial charge in [0.25, 0.3) is 0 Å². The quantitative estimate of drug-likeness (QED) is 0.600. The number of aromatic nitrogens is 1. The topological polar surface area (TPSA) is 36.4 Å². The average Bonchev–Trinajstić information content (AvgIpc) is 3.15. The summed E-state index contributed by atoms with van der Waals surface area (Å²) in [7, 11) is 0. The van der Waals surface area contributed by atoms with Gasteiger partial charge in [-0.1, -0.05) is 17.7 Å². The maximum atomic E-state index is 8.81. The SMILES string of the molecule is OCCCCN(Cc1ccc(Cl)nc1)C1CC1. The standard InChI is InChI=1S/C13H19ClN2O/c14-13-6-3-11(9-15-13)10-16(12-4-5-12)7-1-2-8-17/h3,6,9,12,17H,1-2,4-5,7-8,10H2. The Kier molecular flexibility index (Phi) is 4.77. The van der Waals surface area contributed by atoms with E-state index in [1.54, 1.807) is 0 Å². The lowest BCUT2D eigenvalue weighted by atomic mass is 10.2. The van der Waals surface area contributed by atoms with Crippen molar-refractivity contribution in [1.29, 1.82) is 0 Å². The molecule has 4 heteroatoms. The second-order valence-electron chi connectivity index (χ2n) is 4.62. The van der Waals surface area contributed by atoms with Gasteiger partial charge in [0.2, 0.25) is 0 Å². The number of rotatable bonds is 7. The molecule has 0 spiro atoms. The van der Waals surface area contributed by atoms with Crippen molar-refractivity contribution < 1.29 is 5.11 Å². The lowest BCUT2D eigenvalue weighted by Gasteiger charge is -2.21. The highest BCUT2D eigenvalue weighted by Crippen LogP contribution is 2.28. The normalized spacial score (nSPS) is 15.5. The zero-order valence-corrected chi connectivity index (χ0v) is 10.7. The van der Waals surface area contributed by atoms with E-state index in [4.69, 9.17) is 16.7 Å². The monoisotopic (exact) mass is 254 g/mol. The van der Waals surface area contributed by atoms with Crippen molar-refractivity contribution in [1.82, 2.24) is 9.88 Å². The first-order valence-electron chi connectivity index (χ1n) is 6.25. The van der Waals surface area contributed by atoms with Crippen molar-refractivity contribution >= 4 is 11.6 Å². The number of hydrogen-bond acceptors (Lipinski definition) is 3. The molecule has 0 unspecified atom stereocenters. The minimum atomic E-state index is 0.293. The molecule has 94 valence electrons. The van der Waals surface area contributed by atoms with Crippen LogP contribution in [0.1, 0.15) is 31.2 Å². The number of pyridine rings is 1. The molecular weight excluding hydrogens is 236 g/mol. The van der Waals surface area contributed by atoms with Crippen LogP contribution in [0.3, 0.4) is 0 Å². The number of halogens is 1. The summed E-state index contributed by atoms with van der Waals surface area (Å²) in [5.41, 5.74) is 1.21. The Balaban J connectivity index is 1.86. The van der Waals surface area contributed by atoms with Crippen LogP contribution in [-0.2, 0) is 6.54 Å². The molecule has 0 radical (unpaired) electrons. The largest absolute Gasteiger partial charge is 0.396 e. The molecule has 1 fully saturated rings. The molecule has 0 aliphatic heterocycles. The van der Waals surface area contributed by atoms with E-state index in [2.05, 4.69) is 9.88 Å². The molecule has 2 rings (SSSR count). The Morgan fingerprint density at radius 2 is 2.18 bits per heavy atom. The molecule has 17 heavy (non-hydrogen) atoms. The van der Waals surface area contributed by atoms with E-state index >= 15 is 0 Å². The summed E-state index contributed by atoms with van der Waals surface area (Å²) in [6, 6.07) is 4.62. The Morgan fingerprint density at radius 3 is 2.76 bits per heavy atom. The van der Waals surface area contributed by atoms with Crippen molar-refractivity contribution in [2.75, 3.05) is 13.2 Å². The summed E-state index contributed by atoms with van der Waals surface area (Å²) in [6.07, 6.45) is 6.42. The first-order chi connectivity index (χ1) is 8.29. The fourth-order valence-electron chi connectivity index (χ4n) is 1.99. The molecule has 1 N–H and O–H groups in total. The van der Waals surface area contributed by atoms with Gasteiger partial charge in [0.05, 0.1) is 0 Å². The highest BCUT2D eigenvalue weighted by atomic mass is 35.5. The Labute approximate surface area is 107 Å². The smallest absolute Gasteiger partial charge is 0.129 e. The molecule has 1 saturated carbocycles. The zero-order chi connectivity index (χ0) is 12.1. The molecule has 0 atom stereocenters. The van der Waals surface area contributed by atoms with Gasteiger partial charge in [0, 0.05) is 25.4 Å². The van der Waals surface area contributed by atoms with Gasteiger partial charge in [-0.15, -0.1) is 0 Å². The van der Waals surface area contributed by atoms with Crippen LogP contribution in [0, 0.1) is 0 Å². The fourth-order valence-corrected chi connectivity index (χ4v) is 2.10. The molecule has 0 amide bonds. The maximum absolute atomic E-state index is 8.81. The van der Waals surface area contributed by atoms with Gasteiger partial charge < -0.3 is 5.11 Å².